The first kappa shape index (κ1) is 16.9. The van der Waals surface area contributed by atoms with Gasteiger partial charge in [0.05, 0.1) is 16.8 Å². The molecule has 0 unspecified atom stereocenters. The van der Waals surface area contributed by atoms with Crippen molar-refractivity contribution in [1.82, 2.24) is 9.97 Å². The minimum absolute atomic E-state index is 0.376. The van der Waals surface area contributed by atoms with Gasteiger partial charge in [0.15, 0.2) is 0 Å². The number of hydrogen-bond donors (Lipinski definition) is 0. The molecule has 2 heterocycles. The second-order valence-electron chi connectivity index (χ2n) is 7.23. The molecule has 0 aliphatic carbocycles. The van der Waals surface area contributed by atoms with E-state index in [2.05, 4.69) is 27.0 Å². The third-order valence-electron chi connectivity index (χ3n) is 4.82. The summed E-state index contributed by atoms with van der Waals surface area (Å²) in [5.41, 5.74) is 1.23. The monoisotopic (exact) mass is 325 g/mol. The molecule has 0 saturated carbocycles. The Kier molecular flexibility index (Phi) is 4.36. The van der Waals surface area contributed by atoms with Crippen LogP contribution in [0.4, 0.5) is 5.82 Å². The van der Waals surface area contributed by atoms with Crippen molar-refractivity contribution in [2.75, 3.05) is 11.9 Å². The maximum Gasteiger partial charge on any atom is 0.514 e. The summed E-state index contributed by atoms with van der Waals surface area (Å²) in [4.78, 5) is 10.8. The highest BCUT2D eigenvalue weighted by Gasteiger charge is 2.52. The lowest BCUT2D eigenvalue weighted by Gasteiger charge is -2.32. The van der Waals surface area contributed by atoms with Crippen LogP contribution in [0.1, 0.15) is 33.3 Å². The Morgan fingerprint density at radius 3 is 2.25 bits per heavy atom. The molecule has 1 aromatic carbocycles. The molecule has 24 heavy (non-hydrogen) atoms. The quantitative estimate of drug-likeness (QED) is 0.808. The number of nitrogens with zero attached hydrogens (tertiary/aromatic N) is 3. The average Bonchev–Trinajstić information content (AvgIpc) is 2.76. The molecule has 0 spiro atoms. The molecule has 1 saturated heterocycles. The van der Waals surface area contributed by atoms with E-state index in [0.717, 1.165) is 18.0 Å². The van der Waals surface area contributed by atoms with Crippen LogP contribution in [-0.4, -0.2) is 35.3 Å². The first-order valence-electron chi connectivity index (χ1n) is 8.21. The zero-order valence-electron chi connectivity index (χ0n) is 15.0. The molecule has 1 fully saturated rings. The number of anilines is 1. The molecule has 126 valence electrons. The highest BCUT2D eigenvalue weighted by molar-refractivity contribution is 6.61. The van der Waals surface area contributed by atoms with Crippen LogP contribution in [0, 0.1) is 0 Å². The summed E-state index contributed by atoms with van der Waals surface area (Å²) in [6, 6.07) is 12.2. The average molecular weight is 325 g/mol. The molecule has 1 aromatic heterocycles. The number of benzene rings is 1. The van der Waals surface area contributed by atoms with Gasteiger partial charge in [0.25, 0.3) is 0 Å². The first-order chi connectivity index (χ1) is 11.3. The van der Waals surface area contributed by atoms with Gasteiger partial charge in [0.2, 0.25) is 0 Å². The van der Waals surface area contributed by atoms with Crippen LogP contribution in [0.15, 0.2) is 42.7 Å². The zero-order chi connectivity index (χ0) is 17.4. The Morgan fingerprint density at radius 2 is 1.62 bits per heavy atom. The number of aromatic nitrogens is 2. The van der Waals surface area contributed by atoms with Gasteiger partial charge >= 0.3 is 7.12 Å². The molecule has 2 aromatic rings. The Hall–Kier alpha value is -1.92. The van der Waals surface area contributed by atoms with E-state index in [1.165, 1.54) is 5.56 Å². The fourth-order valence-corrected chi connectivity index (χ4v) is 2.60. The maximum atomic E-state index is 6.07. The minimum atomic E-state index is -0.470. The van der Waals surface area contributed by atoms with E-state index >= 15 is 0 Å². The van der Waals surface area contributed by atoms with Crippen molar-refractivity contribution >= 4 is 18.5 Å². The van der Waals surface area contributed by atoms with Crippen molar-refractivity contribution < 1.29 is 9.31 Å². The molecule has 0 N–H and O–H groups in total. The van der Waals surface area contributed by atoms with Crippen LogP contribution in [0.5, 0.6) is 0 Å². The van der Waals surface area contributed by atoms with Gasteiger partial charge in [-0.05, 0) is 39.3 Å². The van der Waals surface area contributed by atoms with Crippen LogP contribution in [-0.2, 0) is 15.9 Å². The van der Waals surface area contributed by atoms with Gasteiger partial charge in [0.1, 0.15) is 12.1 Å². The Balaban J connectivity index is 1.78. The summed E-state index contributed by atoms with van der Waals surface area (Å²) in [7, 11) is 1.55. The maximum absolute atomic E-state index is 6.07. The molecule has 1 aliphatic rings. The SMILES string of the molecule is CN(Cc1ccccc1)c1cc(B2OC(C)(C)C(C)(C)O2)ncn1. The smallest absolute Gasteiger partial charge is 0.398 e. The minimum Gasteiger partial charge on any atom is -0.398 e. The third kappa shape index (κ3) is 3.30. The lowest BCUT2D eigenvalue weighted by Crippen LogP contribution is -2.41. The van der Waals surface area contributed by atoms with E-state index in [9.17, 15) is 0 Å². The van der Waals surface area contributed by atoms with E-state index in [-0.39, 0.29) is 11.2 Å². The molecule has 0 atom stereocenters. The lowest BCUT2D eigenvalue weighted by atomic mass is 9.84. The second kappa shape index (κ2) is 6.18. The summed E-state index contributed by atoms with van der Waals surface area (Å²) in [5.74, 6) is 0.846. The highest BCUT2D eigenvalue weighted by atomic mass is 16.7. The standard InChI is InChI=1S/C18H24BN3O2/c1-17(2)18(3,4)24-19(23-17)15-11-16(21-13-20-15)22(5)12-14-9-7-6-8-10-14/h6-11,13H,12H2,1-5H3. The predicted octanol–water partition coefficient (Wildman–Crippen LogP) is 2.41. The van der Waals surface area contributed by atoms with Crippen molar-refractivity contribution in [3.05, 3.63) is 48.3 Å². The summed E-state index contributed by atoms with van der Waals surface area (Å²) in [6.07, 6.45) is 1.57. The highest BCUT2D eigenvalue weighted by Crippen LogP contribution is 2.36. The van der Waals surface area contributed by atoms with E-state index in [1.807, 2.05) is 59.0 Å². The van der Waals surface area contributed by atoms with Crippen LogP contribution in [0.25, 0.3) is 0 Å². The Bertz CT molecular complexity index is 690. The van der Waals surface area contributed by atoms with E-state index < -0.39 is 7.12 Å². The van der Waals surface area contributed by atoms with Gasteiger partial charge in [-0.1, -0.05) is 30.3 Å². The summed E-state index contributed by atoms with van der Waals surface area (Å²) < 4.78 is 12.1. The Labute approximate surface area is 144 Å². The van der Waals surface area contributed by atoms with Crippen molar-refractivity contribution in [3.8, 4) is 0 Å². The normalized spacial score (nSPS) is 18.6. The fourth-order valence-electron chi connectivity index (χ4n) is 2.60. The number of rotatable bonds is 4. The zero-order valence-corrected chi connectivity index (χ0v) is 15.0. The molecule has 0 amide bonds. The molecule has 1 aliphatic heterocycles. The molecule has 0 radical (unpaired) electrons. The van der Waals surface area contributed by atoms with Gasteiger partial charge in [-0.15, -0.1) is 0 Å². The van der Waals surface area contributed by atoms with Gasteiger partial charge in [-0.3, -0.25) is 0 Å². The number of hydrogen-bond acceptors (Lipinski definition) is 5. The van der Waals surface area contributed by atoms with Crippen LogP contribution >= 0.6 is 0 Å². The largest absolute Gasteiger partial charge is 0.514 e. The van der Waals surface area contributed by atoms with Gasteiger partial charge in [-0.2, -0.15) is 0 Å². The van der Waals surface area contributed by atoms with Gasteiger partial charge in [0, 0.05) is 13.6 Å². The van der Waals surface area contributed by atoms with Crippen molar-refractivity contribution in [2.24, 2.45) is 0 Å². The van der Waals surface area contributed by atoms with E-state index in [0.29, 0.717) is 0 Å². The van der Waals surface area contributed by atoms with E-state index in [1.54, 1.807) is 6.33 Å². The third-order valence-corrected chi connectivity index (χ3v) is 4.82. The van der Waals surface area contributed by atoms with Crippen LogP contribution in [0.3, 0.4) is 0 Å². The summed E-state index contributed by atoms with van der Waals surface area (Å²) >= 11 is 0. The van der Waals surface area contributed by atoms with Crippen LogP contribution in [0.2, 0.25) is 0 Å². The molecule has 5 nitrogen and oxygen atoms in total. The molecule has 6 heteroatoms. The molecular weight excluding hydrogens is 301 g/mol. The van der Waals surface area contributed by atoms with Crippen LogP contribution < -0.4 is 10.5 Å². The topological polar surface area (TPSA) is 47.5 Å². The van der Waals surface area contributed by atoms with Gasteiger partial charge < -0.3 is 14.2 Å². The molecule has 0 bridgehead atoms. The summed E-state index contributed by atoms with van der Waals surface area (Å²) in [6.45, 7) is 8.93. The van der Waals surface area contributed by atoms with Crippen molar-refractivity contribution in [1.29, 1.82) is 0 Å². The van der Waals surface area contributed by atoms with Crippen molar-refractivity contribution in [2.45, 2.75) is 45.4 Å². The first-order valence-corrected chi connectivity index (χ1v) is 8.21. The Morgan fingerprint density at radius 1 is 1.00 bits per heavy atom. The fraction of sp³-hybridized carbons (Fsp3) is 0.444. The van der Waals surface area contributed by atoms with Gasteiger partial charge in [-0.25, -0.2) is 9.97 Å². The van der Waals surface area contributed by atoms with Crippen molar-refractivity contribution in [3.63, 3.8) is 0 Å². The predicted molar refractivity (Wildman–Crippen MR) is 96.3 cm³/mol. The summed E-state index contributed by atoms with van der Waals surface area (Å²) in [5, 5.41) is 0. The lowest BCUT2D eigenvalue weighted by molar-refractivity contribution is 0.00578. The van der Waals surface area contributed by atoms with E-state index in [4.69, 9.17) is 9.31 Å². The molecule has 3 rings (SSSR count). The second-order valence-corrected chi connectivity index (χ2v) is 7.23. The molecular formula is C18H24BN3O2.